The van der Waals surface area contributed by atoms with Crippen molar-refractivity contribution < 1.29 is 18.3 Å². The van der Waals surface area contributed by atoms with Crippen LogP contribution in [0.5, 0.6) is 5.75 Å². The van der Waals surface area contributed by atoms with E-state index < -0.39 is 17.5 Å². The van der Waals surface area contributed by atoms with Crippen LogP contribution in [0.25, 0.3) is 11.3 Å². The maximum Gasteiger partial charge on any atom is 0.416 e. The van der Waals surface area contributed by atoms with E-state index in [-0.39, 0.29) is 11.3 Å². The highest BCUT2D eigenvalue weighted by Gasteiger charge is 2.31. The van der Waals surface area contributed by atoms with E-state index >= 15 is 0 Å². The Labute approximate surface area is 100 Å². The fourth-order valence-electron chi connectivity index (χ4n) is 1.49. The lowest BCUT2D eigenvalue weighted by Gasteiger charge is -2.10. The number of hydrogen-bond donors (Lipinski definition) is 1. The first-order chi connectivity index (χ1) is 8.39. The molecule has 0 atom stereocenters. The van der Waals surface area contributed by atoms with Gasteiger partial charge < -0.3 is 5.11 Å². The molecule has 1 N–H and O–H groups in total. The summed E-state index contributed by atoms with van der Waals surface area (Å²) in [4.78, 5) is 3.86. The van der Waals surface area contributed by atoms with Gasteiger partial charge in [0.15, 0.2) is 0 Å². The van der Waals surface area contributed by atoms with E-state index in [1.54, 1.807) is 6.92 Å². The smallest absolute Gasteiger partial charge is 0.416 e. The molecule has 0 aliphatic heterocycles. The van der Waals surface area contributed by atoms with Crippen molar-refractivity contribution in [2.75, 3.05) is 0 Å². The predicted octanol–water partition coefficient (Wildman–Crippen LogP) is 2.57. The topological polar surface area (TPSA) is 58.9 Å². The summed E-state index contributed by atoms with van der Waals surface area (Å²) in [6.45, 7) is 1.63. The van der Waals surface area contributed by atoms with Crippen LogP contribution in [0.3, 0.4) is 0 Å². The van der Waals surface area contributed by atoms with Crippen LogP contribution in [-0.2, 0) is 6.18 Å². The number of hydrogen-bond acceptors (Lipinski definition) is 4. The summed E-state index contributed by atoms with van der Waals surface area (Å²) < 4.78 is 37.3. The van der Waals surface area contributed by atoms with Gasteiger partial charge in [-0.25, -0.2) is 4.98 Å². The van der Waals surface area contributed by atoms with Crippen LogP contribution in [0.2, 0.25) is 0 Å². The molecule has 2 rings (SSSR count). The molecule has 0 radical (unpaired) electrons. The first-order valence-electron chi connectivity index (χ1n) is 4.94. The number of aryl methyl sites for hydroxylation is 1. The van der Waals surface area contributed by atoms with Crippen molar-refractivity contribution in [1.29, 1.82) is 0 Å². The molecule has 4 nitrogen and oxygen atoms in total. The molecule has 0 spiro atoms. The zero-order chi connectivity index (χ0) is 13.3. The Hall–Kier alpha value is -2.18. The van der Waals surface area contributed by atoms with E-state index in [0.717, 1.165) is 12.1 Å². The molecular weight excluding hydrogens is 247 g/mol. The van der Waals surface area contributed by atoms with Gasteiger partial charge >= 0.3 is 6.18 Å². The lowest BCUT2D eigenvalue weighted by Crippen LogP contribution is -2.04. The third-order valence-corrected chi connectivity index (χ3v) is 2.38. The molecule has 0 saturated heterocycles. The molecule has 0 amide bonds. The van der Waals surface area contributed by atoms with Gasteiger partial charge in [-0.2, -0.15) is 13.2 Å². The van der Waals surface area contributed by atoms with Crippen molar-refractivity contribution in [3.8, 4) is 17.0 Å². The molecule has 1 aromatic carbocycles. The van der Waals surface area contributed by atoms with Crippen molar-refractivity contribution in [3.63, 3.8) is 0 Å². The number of phenols is 1. The van der Waals surface area contributed by atoms with E-state index in [9.17, 15) is 18.3 Å². The van der Waals surface area contributed by atoms with Crippen LogP contribution in [-0.4, -0.2) is 20.3 Å². The van der Waals surface area contributed by atoms with E-state index in [2.05, 4.69) is 15.2 Å². The molecule has 94 valence electrons. The zero-order valence-corrected chi connectivity index (χ0v) is 9.23. The molecule has 0 fully saturated rings. The largest absolute Gasteiger partial charge is 0.507 e. The fourth-order valence-corrected chi connectivity index (χ4v) is 1.49. The summed E-state index contributed by atoms with van der Waals surface area (Å²) >= 11 is 0. The molecule has 0 unspecified atom stereocenters. The number of alkyl halides is 3. The molecule has 0 saturated carbocycles. The van der Waals surface area contributed by atoms with Gasteiger partial charge in [-0.1, -0.05) is 0 Å². The van der Waals surface area contributed by atoms with Gasteiger partial charge in [0.1, 0.15) is 17.8 Å². The maximum absolute atomic E-state index is 12.4. The molecule has 18 heavy (non-hydrogen) atoms. The van der Waals surface area contributed by atoms with Crippen molar-refractivity contribution in [1.82, 2.24) is 15.2 Å². The van der Waals surface area contributed by atoms with Crippen LogP contribution in [0.15, 0.2) is 24.5 Å². The molecule has 2 aromatic rings. The van der Waals surface area contributed by atoms with Gasteiger partial charge in [0.05, 0.1) is 11.3 Å². The summed E-state index contributed by atoms with van der Waals surface area (Å²) in [6.07, 6.45) is -3.27. The van der Waals surface area contributed by atoms with E-state index in [1.807, 2.05) is 0 Å². The molecule has 1 heterocycles. The summed E-state index contributed by atoms with van der Waals surface area (Å²) in [5.74, 6) is -0.504. The second-order valence-corrected chi connectivity index (χ2v) is 3.62. The van der Waals surface area contributed by atoms with Crippen LogP contribution in [0.4, 0.5) is 13.2 Å². The van der Waals surface area contributed by atoms with Crippen LogP contribution in [0, 0.1) is 6.92 Å². The highest BCUT2D eigenvalue weighted by atomic mass is 19.4. The molecule has 0 bridgehead atoms. The highest BCUT2D eigenvalue weighted by Crippen LogP contribution is 2.36. The van der Waals surface area contributed by atoms with Gasteiger partial charge in [-0.05, 0) is 25.1 Å². The predicted molar refractivity (Wildman–Crippen MR) is 56.7 cm³/mol. The Bertz CT molecular complexity index is 584. The average Bonchev–Trinajstić information content (AvgIpc) is 2.29. The Morgan fingerprint density at radius 1 is 1.22 bits per heavy atom. The minimum absolute atomic E-state index is 0.168. The molecule has 0 aliphatic rings. The number of nitrogens with zero attached hydrogens (tertiary/aromatic N) is 3. The van der Waals surface area contributed by atoms with E-state index in [4.69, 9.17) is 0 Å². The monoisotopic (exact) mass is 255 g/mol. The molecule has 1 aromatic heterocycles. The SMILES string of the molecule is Cc1ncnnc1-c1ccc(C(F)(F)F)cc1O. The van der Waals surface area contributed by atoms with Gasteiger partial charge in [-0.15, -0.1) is 10.2 Å². The summed E-state index contributed by atoms with van der Waals surface area (Å²) in [6, 6.07) is 2.68. The number of halogens is 3. The average molecular weight is 255 g/mol. The van der Waals surface area contributed by atoms with Crippen molar-refractivity contribution in [2.45, 2.75) is 13.1 Å². The summed E-state index contributed by atoms with van der Waals surface area (Å²) in [5, 5.41) is 16.9. The first kappa shape index (κ1) is 12.3. The van der Waals surface area contributed by atoms with Gasteiger partial charge in [0.2, 0.25) is 0 Å². The summed E-state index contributed by atoms with van der Waals surface area (Å²) in [5.41, 5.74) is -0.0249. The Morgan fingerprint density at radius 3 is 2.50 bits per heavy atom. The third kappa shape index (κ3) is 2.24. The van der Waals surface area contributed by atoms with Gasteiger partial charge in [0.25, 0.3) is 0 Å². The third-order valence-electron chi connectivity index (χ3n) is 2.38. The second kappa shape index (κ2) is 4.25. The highest BCUT2D eigenvalue weighted by molar-refractivity contribution is 5.68. The molecular formula is C11H8F3N3O. The first-order valence-corrected chi connectivity index (χ1v) is 4.94. The zero-order valence-electron chi connectivity index (χ0n) is 9.23. The number of benzene rings is 1. The Morgan fingerprint density at radius 2 is 1.94 bits per heavy atom. The van der Waals surface area contributed by atoms with Crippen molar-refractivity contribution in [3.05, 3.63) is 35.8 Å². The Kier molecular flexibility index (Phi) is 2.90. The van der Waals surface area contributed by atoms with Crippen molar-refractivity contribution in [2.24, 2.45) is 0 Å². The molecule has 0 aliphatic carbocycles. The number of phenolic OH excluding ortho intramolecular Hbond substituents is 1. The van der Waals surface area contributed by atoms with Crippen molar-refractivity contribution >= 4 is 0 Å². The van der Waals surface area contributed by atoms with E-state index in [1.165, 1.54) is 6.33 Å². The normalized spacial score (nSPS) is 11.6. The van der Waals surface area contributed by atoms with Crippen LogP contribution in [0.1, 0.15) is 11.3 Å². The standard InChI is InChI=1S/C11H8F3N3O/c1-6-10(17-16-5-15-6)8-3-2-7(4-9(8)18)11(12,13)14/h2-5,18H,1H3. The maximum atomic E-state index is 12.4. The van der Waals surface area contributed by atoms with Crippen LogP contribution < -0.4 is 0 Å². The van der Waals surface area contributed by atoms with Crippen LogP contribution >= 0.6 is 0 Å². The fraction of sp³-hybridized carbons (Fsp3) is 0.182. The summed E-state index contributed by atoms with van der Waals surface area (Å²) in [7, 11) is 0. The number of aromatic nitrogens is 3. The van der Waals surface area contributed by atoms with E-state index in [0.29, 0.717) is 11.8 Å². The minimum atomic E-state index is -4.49. The van der Waals surface area contributed by atoms with Gasteiger partial charge in [-0.3, -0.25) is 0 Å². The molecule has 7 heteroatoms. The second-order valence-electron chi connectivity index (χ2n) is 3.62. The lowest BCUT2D eigenvalue weighted by atomic mass is 10.1. The van der Waals surface area contributed by atoms with Gasteiger partial charge in [0, 0.05) is 5.56 Å². The quantitative estimate of drug-likeness (QED) is 0.850. The number of aromatic hydroxyl groups is 1. The lowest BCUT2D eigenvalue weighted by molar-refractivity contribution is -0.137. The number of rotatable bonds is 1. The minimum Gasteiger partial charge on any atom is -0.507 e. The Balaban J connectivity index is 2.52.